The monoisotopic (exact) mass is 221 g/mol. The second-order valence-corrected chi connectivity index (χ2v) is 5.01. The van der Waals surface area contributed by atoms with Crippen LogP contribution in [-0.2, 0) is 5.41 Å². The molecular weight excluding hydrogens is 198 g/mol. The number of unbranched alkanes of at least 4 members (excludes halogenated alkanes) is 3. The van der Waals surface area contributed by atoms with E-state index < -0.39 is 0 Å². The fourth-order valence-corrected chi connectivity index (χ4v) is 2.03. The lowest BCUT2D eigenvalue weighted by molar-refractivity contribution is 0.408. The molecule has 0 aliphatic heterocycles. The van der Waals surface area contributed by atoms with E-state index in [1.807, 2.05) is 0 Å². The highest BCUT2D eigenvalue weighted by molar-refractivity contribution is 5.47. The molecule has 0 fully saturated rings. The molecule has 1 aromatic rings. The first-order chi connectivity index (χ1) is 7.61. The molecule has 0 spiro atoms. The van der Waals surface area contributed by atoms with E-state index in [4.69, 9.17) is 4.52 Å². The van der Waals surface area contributed by atoms with Gasteiger partial charge in [0.05, 0.1) is 0 Å². The minimum atomic E-state index is 0.136. The predicted molar refractivity (Wildman–Crippen MR) is 68.4 cm³/mol. The summed E-state index contributed by atoms with van der Waals surface area (Å²) < 4.78 is 5.03. The van der Waals surface area contributed by atoms with Crippen molar-refractivity contribution in [2.75, 3.05) is 0 Å². The number of nitrogens with zero attached hydrogens (tertiary/aromatic N) is 1. The summed E-state index contributed by atoms with van der Waals surface area (Å²) in [6.07, 6.45) is 9.90. The zero-order valence-electron chi connectivity index (χ0n) is 10.8. The van der Waals surface area contributed by atoms with Crippen LogP contribution in [0.25, 0.3) is 6.08 Å². The van der Waals surface area contributed by atoms with Gasteiger partial charge in [-0.15, -0.1) is 0 Å². The summed E-state index contributed by atoms with van der Waals surface area (Å²) in [6, 6.07) is 0. The van der Waals surface area contributed by atoms with Crippen LogP contribution < -0.4 is 0 Å². The summed E-state index contributed by atoms with van der Waals surface area (Å²) in [5.74, 6) is 0. The van der Waals surface area contributed by atoms with Gasteiger partial charge in [0, 0.05) is 5.56 Å². The van der Waals surface area contributed by atoms with E-state index in [0.717, 1.165) is 5.69 Å². The van der Waals surface area contributed by atoms with Crippen LogP contribution in [0.5, 0.6) is 0 Å². The lowest BCUT2D eigenvalue weighted by atomic mass is 9.80. The molecule has 0 aromatic carbocycles. The average Bonchev–Trinajstić information content (AvgIpc) is 2.73. The van der Waals surface area contributed by atoms with Crippen molar-refractivity contribution in [3.05, 3.63) is 24.1 Å². The van der Waals surface area contributed by atoms with E-state index >= 15 is 0 Å². The molecule has 2 nitrogen and oxygen atoms in total. The molecule has 2 heteroatoms. The van der Waals surface area contributed by atoms with Crippen molar-refractivity contribution >= 4 is 6.08 Å². The molecule has 90 valence electrons. The highest BCUT2D eigenvalue weighted by atomic mass is 16.5. The number of hydrogen-bond acceptors (Lipinski definition) is 2. The van der Waals surface area contributed by atoms with Crippen LogP contribution >= 0.6 is 0 Å². The molecule has 1 rings (SSSR count). The Morgan fingerprint density at radius 3 is 2.75 bits per heavy atom. The van der Waals surface area contributed by atoms with E-state index in [0.29, 0.717) is 0 Å². The average molecular weight is 221 g/mol. The van der Waals surface area contributed by atoms with E-state index in [1.54, 1.807) is 12.3 Å². The Morgan fingerprint density at radius 2 is 2.12 bits per heavy atom. The third kappa shape index (κ3) is 3.22. The molecule has 0 aliphatic carbocycles. The topological polar surface area (TPSA) is 26.0 Å². The zero-order chi connectivity index (χ0) is 12.0. The smallest absolute Gasteiger partial charge is 0.128 e. The molecule has 0 N–H and O–H groups in total. The van der Waals surface area contributed by atoms with Gasteiger partial charge in [-0.1, -0.05) is 58.2 Å². The molecule has 0 aliphatic rings. The van der Waals surface area contributed by atoms with Gasteiger partial charge in [0.1, 0.15) is 12.0 Å². The number of aromatic nitrogens is 1. The molecular formula is C14H23NO. The van der Waals surface area contributed by atoms with Gasteiger partial charge in [0.15, 0.2) is 0 Å². The Hall–Kier alpha value is -1.05. The standard InChI is InChI=1S/C14H23NO/c1-5-7-8-9-10-14(3,4)12-11-16-15-13(12)6-2/h6,11H,2,5,7-10H2,1,3-4H3. The molecule has 0 bridgehead atoms. The zero-order valence-corrected chi connectivity index (χ0v) is 10.8. The van der Waals surface area contributed by atoms with Crippen molar-refractivity contribution in [2.24, 2.45) is 0 Å². The van der Waals surface area contributed by atoms with Gasteiger partial charge in [-0.05, 0) is 17.9 Å². The molecule has 0 saturated carbocycles. The van der Waals surface area contributed by atoms with Gasteiger partial charge < -0.3 is 4.52 Å². The summed E-state index contributed by atoms with van der Waals surface area (Å²) >= 11 is 0. The molecule has 0 saturated heterocycles. The molecule has 1 heterocycles. The lowest BCUT2D eigenvalue weighted by Crippen LogP contribution is -2.17. The molecule has 1 aromatic heterocycles. The fourth-order valence-electron chi connectivity index (χ4n) is 2.03. The van der Waals surface area contributed by atoms with Crippen molar-refractivity contribution in [1.82, 2.24) is 5.16 Å². The van der Waals surface area contributed by atoms with Crippen molar-refractivity contribution in [3.8, 4) is 0 Å². The van der Waals surface area contributed by atoms with Gasteiger partial charge in [-0.2, -0.15) is 0 Å². The summed E-state index contributed by atoms with van der Waals surface area (Å²) in [6.45, 7) is 10.5. The van der Waals surface area contributed by atoms with Crippen LogP contribution in [0.2, 0.25) is 0 Å². The van der Waals surface area contributed by atoms with E-state index in [9.17, 15) is 0 Å². The quantitative estimate of drug-likeness (QED) is 0.630. The van der Waals surface area contributed by atoms with Crippen LogP contribution in [0.1, 0.15) is 64.1 Å². The number of rotatable bonds is 7. The van der Waals surface area contributed by atoms with E-state index in [1.165, 1.54) is 37.7 Å². The predicted octanol–water partition coefficient (Wildman–Crippen LogP) is 4.57. The first kappa shape index (κ1) is 13.0. The first-order valence-electron chi connectivity index (χ1n) is 6.19. The second-order valence-electron chi connectivity index (χ2n) is 5.01. The van der Waals surface area contributed by atoms with Gasteiger partial charge in [0.2, 0.25) is 0 Å². The van der Waals surface area contributed by atoms with Gasteiger partial charge in [-0.25, -0.2) is 0 Å². The highest BCUT2D eigenvalue weighted by Gasteiger charge is 2.24. The summed E-state index contributed by atoms with van der Waals surface area (Å²) in [5.41, 5.74) is 2.21. The van der Waals surface area contributed by atoms with Crippen molar-refractivity contribution in [1.29, 1.82) is 0 Å². The van der Waals surface area contributed by atoms with Crippen molar-refractivity contribution in [3.63, 3.8) is 0 Å². The second kappa shape index (κ2) is 5.88. The lowest BCUT2D eigenvalue weighted by Gasteiger charge is -2.23. The van der Waals surface area contributed by atoms with Crippen LogP contribution in [-0.4, -0.2) is 5.16 Å². The Bertz CT molecular complexity index is 325. The highest BCUT2D eigenvalue weighted by Crippen LogP contribution is 2.31. The van der Waals surface area contributed by atoms with Gasteiger partial charge in [-0.3, -0.25) is 0 Å². The molecule has 0 amide bonds. The van der Waals surface area contributed by atoms with Crippen molar-refractivity contribution in [2.45, 2.75) is 58.3 Å². The fraction of sp³-hybridized carbons (Fsp3) is 0.643. The summed E-state index contributed by atoms with van der Waals surface area (Å²) in [4.78, 5) is 0. The molecule has 0 atom stereocenters. The summed E-state index contributed by atoms with van der Waals surface area (Å²) in [7, 11) is 0. The Morgan fingerprint density at radius 1 is 1.38 bits per heavy atom. The third-order valence-electron chi connectivity index (χ3n) is 3.18. The number of hydrogen-bond donors (Lipinski definition) is 0. The Labute approximate surface area is 98.7 Å². The Balaban J connectivity index is 2.59. The van der Waals surface area contributed by atoms with E-state index in [-0.39, 0.29) is 5.41 Å². The molecule has 0 unspecified atom stereocenters. The molecule has 16 heavy (non-hydrogen) atoms. The summed E-state index contributed by atoms with van der Waals surface area (Å²) in [5, 5.41) is 3.95. The maximum Gasteiger partial charge on any atom is 0.128 e. The SMILES string of the molecule is C=Cc1nocc1C(C)(C)CCCCCC. The first-order valence-corrected chi connectivity index (χ1v) is 6.19. The van der Waals surface area contributed by atoms with Crippen LogP contribution in [0.15, 0.2) is 17.4 Å². The Kier molecular flexibility index (Phi) is 4.78. The van der Waals surface area contributed by atoms with Crippen LogP contribution in [0.3, 0.4) is 0 Å². The maximum absolute atomic E-state index is 5.03. The van der Waals surface area contributed by atoms with Crippen LogP contribution in [0, 0.1) is 0 Å². The van der Waals surface area contributed by atoms with Crippen LogP contribution in [0.4, 0.5) is 0 Å². The maximum atomic E-state index is 5.03. The van der Waals surface area contributed by atoms with Crippen molar-refractivity contribution < 1.29 is 4.52 Å². The molecule has 0 radical (unpaired) electrons. The van der Waals surface area contributed by atoms with Gasteiger partial charge in [0.25, 0.3) is 0 Å². The third-order valence-corrected chi connectivity index (χ3v) is 3.18. The minimum Gasteiger partial charge on any atom is -0.364 e. The normalized spacial score (nSPS) is 11.7. The van der Waals surface area contributed by atoms with E-state index in [2.05, 4.69) is 32.5 Å². The van der Waals surface area contributed by atoms with Gasteiger partial charge >= 0.3 is 0 Å². The largest absolute Gasteiger partial charge is 0.364 e. The minimum absolute atomic E-state index is 0.136.